The van der Waals surface area contributed by atoms with Crippen LogP contribution in [0.2, 0.25) is 0 Å². The van der Waals surface area contributed by atoms with Crippen molar-refractivity contribution in [1.82, 2.24) is 34.2 Å². The highest BCUT2D eigenvalue weighted by Gasteiger charge is 2.30. The Morgan fingerprint density at radius 2 is 2.03 bits per heavy atom. The lowest BCUT2D eigenvalue weighted by Crippen LogP contribution is -2.34. The maximum absolute atomic E-state index is 13.2. The van der Waals surface area contributed by atoms with E-state index in [2.05, 4.69) is 15.5 Å². The number of aromatic hydroxyl groups is 1. The van der Waals surface area contributed by atoms with Crippen molar-refractivity contribution in [2.75, 3.05) is 7.05 Å². The van der Waals surface area contributed by atoms with E-state index in [1.165, 1.54) is 15.5 Å². The minimum absolute atomic E-state index is 0.0301. The summed E-state index contributed by atoms with van der Waals surface area (Å²) in [6, 6.07) is 1.87. The molecule has 11 nitrogen and oxygen atoms in total. The fourth-order valence-corrected chi connectivity index (χ4v) is 3.93. The SMILES string of the molecule is Cc1nn2c(=O)c(C(=O)NC3CC3)c(O)n(CC(C)C)c2c1/C=C/C(=O)N(C)Cc1ccn(C)n1. The number of nitrogens with zero attached hydrogens (tertiary/aromatic N) is 6. The number of likely N-dealkylation sites (N-methyl/N-ethyl adjacent to an activating group) is 1. The molecule has 2 N–H and O–H groups in total. The number of hydrogen-bond acceptors (Lipinski definition) is 6. The van der Waals surface area contributed by atoms with Gasteiger partial charge in [0.15, 0.2) is 5.56 Å². The van der Waals surface area contributed by atoms with Crippen LogP contribution in [0, 0.1) is 12.8 Å². The third-order valence-corrected chi connectivity index (χ3v) is 5.85. The molecule has 0 radical (unpaired) electrons. The minimum atomic E-state index is -0.697. The Bertz CT molecular complexity index is 1370. The predicted octanol–water partition coefficient (Wildman–Crippen LogP) is 1.46. The molecule has 1 aliphatic carbocycles. The number of carbonyl (C=O) groups is 2. The number of carbonyl (C=O) groups excluding carboxylic acids is 2. The largest absolute Gasteiger partial charge is 0.494 e. The van der Waals surface area contributed by atoms with Gasteiger partial charge in [-0.15, -0.1) is 0 Å². The average Bonchev–Trinajstić information content (AvgIpc) is 3.40. The van der Waals surface area contributed by atoms with Crippen molar-refractivity contribution in [3.8, 4) is 5.88 Å². The first kappa shape index (κ1) is 24.2. The van der Waals surface area contributed by atoms with Crippen molar-refractivity contribution in [1.29, 1.82) is 0 Å². The van der Waals surface area contributed by atoms with Crippen LogP contribution >= 0.6 is 0 Å². The second-order valence-corrected chi connectivity index (χ2v) is 9.50. The summed E-state index contributed by atoms with van der Waals surface area (Å²) in [7, 11) is 3.49. The highest BCUT2D eigenvalue weighted by atomic mass is 16.3. The number of aryl methyl sites for hydroxylation is 2. The van der Waals surface area contributed by atoms with Crippen LogP contribution in [0.3, 0.4) is 0 Å². The molecule has 4 rings (SSSR count). The van der Waals surface area contributed by atoms with Gasteiger partial charge in [0, 0.05) is 44.5 Å². The number of hydrogen-bond donors (Lipinski definition) is 2. The monoisotopic (exact) mass is 481 g/mol. The van der Waals surface area contributed by atoms with Gasteiger partial charge in [-0.1, -0.05) is 13.8 Å². The van der Waals surface area contributed by atoms with Crippen molar-refractivity contribution in [3.63, 3.8) is 0 Å². The highest BCUT2D eigenvalue weighted by molar-refractivity contribution is 5.97. The Hall–Kier alpha value is -3.89. The lowest BCUT2D eigenvalue weighted by Gasteiger charge is -2.17. The Morgan fingerprint density at radius 1 is 1.31 bits per heavy atom. The molecule has 35 heavy (non-hydrogen) atoms. The van der Waals surface area contributed by atoms with Crippen LogP contribution in [-0.4, -0.2) is 58.9 Å². The first-order valence-electron chi connectivity index (χ1n) is 11.6. The van der Waals surface area contributed by atoms with Crippen molar-refractivity contribution < 1.29 is 14.7 Å². The summed E-state index contributed by atoms with van der Waals surface area (Å²) in [5.41, 5.74) is 1.09. The molecular weight excluding hydrogens is 450 g/mol. The van der Waals surface area contributed by atoms with Gasteiger partial charge in [0.25, 0.3) is 11.5 Å². The van der Waals surface area contributed by atoms with Gasteiger partial charge in [-0.25, -0.2) is 0 Å². The quantitative estimate of drug-likeness (QED) is 0.469. The normalized spacial score (nSPS) is 13.8. The van der Waals surface area contributed by atoms with Crippen LogP contribution < -0.4 is 10.9 Å². The van der Waals surface area contributed by atoms with Crippen LogP contribution in [-0.2, 0) is 24.9 Å². The van der Waals surface area contributed by atoms with E-state index in [0.717, 1.165) is 23.1 Å². The van der Waals surface area contributed by atoms with Gasteiger partial charge in [-0.05, 0) is 37.8 Å². The van der Waals surface area contributed by atoms with Crippen LogP contribution in [0.25, 0.3) is 11.7 Å². The van der Waals surface area contributed by atoms with E-state index >= 15 is 0 Å². The molecule has 186 valence electrons. The van der Waals surface area contributed by atoms with Crippen LogP contribution in [0.4, 0.5) is 0 Å². The zero-order valence-corrected chi connectivity index (χ0v) is 20.6. The summed E-state index contributed by atoms with van der Waals surface area (Å²) in [5.74, 6) is -1.16. The molecule has 3 aromatic heterocycles. The van der Waals surface area contributed by atoms with Gasteiger partial charge in [-0.2, -0.15) is 14.7 Å². The molecule has 0 atom stereocenters. The molecule has 3 heterocycles. The Labute approximate surface area is 202 Å². The molecule has 0 aliphatic heterocycles. The zero-order chi connectivity index (χ0) is 25.4. The van der Waals surface area contributed by atoms with Crippen molar-refractivity contribution in [2.24, 2.45) is 13.0 Å². The van der Waals surface area contributed by atoms with Crippen LogP contribution in [0.15, 0.2) is 23.1 Å². The van der Waals surface area contributed by atoms with E-state index in [1.54, 1.807) is 24.7 Å². The number of aromatic nitrogens is 5. The third-order valence-electron chi connectivity index (χ3n) is 5.85. The Balaban J connectivity index is 1.73. The van der Waals surface area contributed by atoms with E-state index in [4.69, 9.17) is 0 Å². The average molecular weight is 482 g/mol. The van der Waals surface area contributed by atoms with Gasteiger partial charge < -0.3 is 15.3 Å². The van der Waals surface area contributed by atoms with Gasteiger partial charge in [0.05, 0.1) is 17.9 Å². The van der Waals surface area contributed by atoms with Gasteiger partial charge in [-0.3, -0.25) is 23.6 Å². The number of rotatable bonds is 8. The van der Waals surface area contributed by atoms with E-state index < -0.39 is 17.3 Å². The fourth-order valence-electron chi connectivity index (χ4n) is 3.93. The summed E-state index contributed by atoms with van der Waals surface area (Å²) in [4.78, 5) is 40.2. The number of fused-ring (bicyclic) bond motifs is 1. The van der Waals surface area contributed by atoms with E-state index in [1.807, 2.05) is 33.2 Å². The maximum atomic E-state index is 13.2. The lowest BCUT2D eigenvalue weighted by molar-refractivity contribution is -0.125. The van der Waals surface area contributed by atoms with Crippen molar-refractivity contribution >= 4 is 23.5 Å². The summed E-state index contributed by atoms with van der Waals surface area (Å²) < 4.78 is 4.34. The Kier molecular flexibility index (Phi) is 6.51. The van der Waals surface area contributed by atoms with Crippen molar-refractivity contribution in [2.45, 2.75) is 52.7 Å². The first-order valence-corrected chi connectivity index (χ1v) is 11.6. The Morgan fingerprint density at radius 3 is 2.63 bits per heavy atom. The smallest absolute Gasteiger partial charge is 0.291 e. The van der Waals surface area contributed by atoms with E-state index in [-0.39, 0.29) is 23.4 Å². The summed E-state index contributed by atoms with van der Waals surface area (Å²) in [6.45, 7) is 6.34. The summed E-state index contributed by atoms with van der Waals surface area (Å²) in [5, 5.41) is 22.5. The molecule has 0 aromatic carbocycles. The van der Waals surface area contributed by atoms with E-state index in [0.29, 0.717) is 30.0 Å². The lowest BCUT2D eigenvalue weighted by atomic mass is 10.1. The highest BCUT2D eigenvalue weighted by Crippen LogP contribution is 2.26. The summed E-state index contributed by atoms with van der Waals surface area (Å²) in [6.07, 6.45) is 6.52. The standard InChI is InChI=1S/C24H31N7O4/c1-14(2)12-30-22-18(8-9-19(32)28(4)13-17-10-11-29(5)27-17)15(3)26-31(22)24(35)20(23(30)34)21(33)25-16-6-7-16/h8-11,14,16,34H,6-7,12-13H2,1-5H3,(H,25,33)/b9-8+. The molecule has 3 aromatic rings. The predicted molar refractivity (Wildman–Crippen MR) is 130 cm³/mol. The number of amides is 2. The molecule has 1 fully saturated rings. The van der Waals surface area contributed by atoms with Gasteiger partial charge >= 0.3 is 0 Å². The van der Waals surface area contributed by atoms with Crippen molar-refractivity contribution in [3.05, 3.63) is 51.2 Å². The zero-order valence-electron chi connectivity index (χ0n) is 20.6. The summed E-state index contributed by atoms with van der Waals surface area (Å²) >= 11 is 0. The molecular formula is C24H31N7O4. The fraction of sp³-hybridized carbons (Fsp3) is 0.458. The van der Waals surface area contributed by atoms with Gasteiger partial charge in [0.2, 0.25) is 11.8 Å². The molecule has 11 heteroatoms. The number of nitrogens with one attached hydrogen (secondary N) is 1. The minimum Gasteiger partial charge on any atom is -0.494 e. The molecule has 2 amide bonds. The second-order valence-electron chi connectivity index (χ2n) is 9.50. The van der Waals surface area contributed by atoms with Gasteiger partial charge in [0.1, 0.15) is 5.65 Å². The topological polar surface area (TPSA) is 127 Å². The maximum Gasteiger partial charge on any atom is 0.291 e. The second kappa shape index (κ2) is 9.40. The molecule has 1 saturated carbocycles. The molecule has 0 saturated heterocycles. The molecule has 1 aliphatic rings. The van der Waals surface area contributed by atoms with Crippen LogP contribution in [0.5, 0.6) is 5.88 Å². The molecule has 0 unspecified atom stereocenters. The first-order chi connectivity index (χ1) is 16.6. The van der Waals surface area contributed by atoms with E-state index in [9.17, 15) is 19.5 Å². The third kappa shape index (κ3) is 4.98. The van der Waals surface area contributed by atoms with Crippen LogP contribution in [0.1, 0.15) is 54.0 Å². The molecule has 0 spiro atoms. The molecule has 0 bridgehead atoms.